The number of hydrogen-bond donors (Lipinski definition) is 1. The Balaban J connectivity index is 2.05. The fourth-order valence-electron chi connectivity index (χ4n) is 2.24. The number of hydrogen-bond acceptors (Lipinski definition) is 3. The van der Waals surface area contributed by atoms with Crippen LogP contribution in [-0.2, 0) is 4.79 Å². The van der Waals surface area contributed by atoms with Gasteiger partial charge in [-0.1, -0.05) is 6.07 Å². The van der Waals surface area contributed by atoms with Gasteiger partial charge in [-0.25, -0.2) is 0 Å². The van der Waals surface area contributed by atoms with Crippen molar-refractivity contribution in [1.82, 2.24) is 4.90 Å². The van der Waals surface area contributed by atoms with Crippen molar-refractivity contribution in [3.05, 3.63) is 22.4 Å². The molecule has 2 unspecified atom stereocenters. The molecule has 1 aromatic heterocycles. The van der Waals surface area contributed by atoms with E-state index in [1.807, 2.05) is 24.4 Å². The average Bonchev–Trinajstić information content (AvgIpc) is 2.81. The van der Waals surface area contributed by atoms with Crippen LogP contribution in [0.3, 0.4) is 0 Å². The highest BCUT2D eigenvalue weighted by Crippen LogP contribution is 2.25. The number of piperidine rings is 1. The Morgan fingerprint density at radius 3 is 2.82 bits per heavy atom. The van der Waals surface area contributed by atoms with Crippen molar-refractivity contribution >= 4 is 23.2 Å². The fraction of sp³-hybridized carbons (Fsp3) is 0.500. The minimum atomic E-state index is -0.750. The number of carboxylic acid groups (broad SMARTS) is 1. The Hall–Kier alpha value is -1.36. The number of nitrogens with zero attached hydrogens (tertiary/aromatic N) is 1. The lowest BCUT2D eigenvalue weighted by molar-refractivity contribution is -0.143. The molecule has 1 saturated heterocycles. The number of carbonyl (C=O) groups excluding carboxylic acids is 1. The quantitative estimate of drug-likeness (QED) is 0.877. The van der Waals surface area contributed by atoms with Crippen LogP contribution in [0.2, 0.25) is 0 Å². The van der Waals surface area contributed by atoms with Crippen LogP contribution < -0.4 is 0 Å². The van der Waals surface area contributed by atoms with Crippen molar-refractivity contribution in [3.63, 3.8) is 0 Å². The number of thiophene rings is 1. The lowest BCUT2D eigenvalue weighted by atomic mass is 9.91. The Kier molecular flexibility index (Phi) is 3.47. The Morgan fingerprint density at radius 1 is 1.53 bits per heavy atom. The second-order valence-corrected chi connectivity index (χ2v) is 5.33. The first-order chi connectivity index (χ1) is 8.09. The highest BCUT2D eigenvalue weighted by Gasteiger charge is 2.32. The van der Waals surface area contributed by atoms with Crippen LogP contribution in [0.15, 0.2) is 17.5 Å². The van der Waals surface area contributed by atoms with E-state index >= 15 is 0 Å². The highest BCUT2D eigenvalue weighted by atomic mass is 32.1. The zero-order valence-corrected chi connectivity index (χ0v) is 10.4. The van der Waals surface area contributed by atoms with Gasteiger partial charge in [0.2, 0.25) is 0 Å². The second kappa shape index (κ2) is 4.87. The van der Waals surface area contributed by atoms with Gasteiger partial charge in [0.15, 0.2) is 0 Å². The molecule has 2 heterocycles. The molecule has 1 aromatic rings. The minimum absolute atomic E-state index is 0.000509. The highest BCUT2D eigenvalue weighted by molar-refractivity contribution is 7.12. The summed E-state index contributed by atoms with van der Waals surface area (Å²) in [6.07, 6.45) is 1.10. The van der Waals surface area contributed by atoms with Gasteiger partial charge in [0.05, 0.1) is 10.8 Å². The topological polar surface area (TPSA) is 57.6 Å². The van der Waals surface area contributed by atoms with E-state index in [2.05, 4.69) is 0 Å². The van der Waals surface area contributed by atoms with Crippen molar-refractivity contribution in [1.29, 1.82) is 0 Å². The molecule has 1 amide bonds. The van der Waals surface area contributed by atoms with E-state index in [4.69, 9.17) is 5.11 Å². The summed E-state index contributed by atoms with van der Waals surface area (Å²) in [4.78, 5) is 25.6. The summed E-state index contributed by atoms with van der Waals surface area (Å²) in [5.41, 5.74) is 0. The maximum atomic E-state index is 12.1. The SMILES string of the molecule is CC1CC(C(=O)O)CCN1C(=O)c1cccs1. The lowest BCUT2D eigenvalue weighted by Gasteiger charge is -2.36. The number of rotatable bonds is 2. The summed E-state index contributed by atoms with van der Waals surface area (Å²) in [6, 6.07) is 3.66. The molecule has 0 aromatic carbocycles. The van der Waals surface area contributed by atoms with Crippen LogP contribution in [0, 0.1) is 5.92 Å². The van der Waals surface area contributed by atoms with E-state index in [0.717, 1.165) is 4.88 Å². The molecule has 1 aliphatic rings. The summed E-state index contributed by atoms with van der Waals surface area (Å²) in [6.45, 7) is 2.45. The smallest absolute Gasteiger partial charge is 0.306 e. The van der Waals surface area contributed by atoms with E-state index in [-0.39, 0.29) is 17.9 Å². The van der Waals surface area contributed by atoms with Crippen LogP contribution in [0.4, 0.5) is 0 Å². The monoisotopic (exact) mass is 253 g/mol. The molecule has 2 rings (SSSR count). The molecule has 0 aliphatic carbocycles. The molecule has 1 fully saturated rings. The first-order valence-corrected chi connectivity index (χ1v) is 6.55. The van der Waals surface area contributed by atoms with Crippen molar-refractivity contribution < 1.29 is 14.7 Å². The van der Waals surface area contributed by atoms with Crippen LogP contribution in [0.5, 0.6) is 0 Å². The van der Waals surface area contributed by atoms with Crippen LogP contribution in [0.1, 0.15) is 29.4 Å². The predicted molar refractivity (Wildman–Crippen MR) is 65.2 cm³/mol. The predicted octanol–water partition coefficient (Wildman–Crippen LogP) is 2.07. The molecule has 92 valence electrons. The zero-order valence-electron chi connectivity index (χ0n) is 9.63. The van der Waals surface area contributed by atoms with Gasteiger partial charge in [0.25, 0.3) is 5.91 Å². The van der Waals surface area contributed by atoms with Gasteiger partial charge in [0.1, 0.15) is 0 Å². The first-order valence-electron chi connectivity index (χ1n) is 5.67. The summed E-state index contributed by atoms with van der Waals surface area (Å²) >= 11 is 1.43. The van der Waals surface area contributed by atoms with Gasteiger partial charge in [-0.3, -0.25) is 9.59 Å². The maximum absolute atomic E-state index is 12.1. The van der Waals surface area contributed by atoms with E-state index in [0.29, 0.717) is 19.4 Å². The van der Waals surface area contributed by atoms with Gasteiger partial charge in [0, 0.05) is 12.6 Å². The van der Waals surface area contributed by atoms with E-state index in [1.165, 1.54) is 11.3 Å². The van der Waals surface area contributed by atoms with E-state index in [9.17, 15) is 9.59 Å². The van der Waals surface area contributed by atoms with Crippen LogP contribution in [-0.4, -0.2) is 34.5 Å². The standard InChI is InChI=1S/C12H15NO3S/c1-8-7-9(12(15)16)4-5-13(8)11(14)10-3-2-6-17-10/h2-3,6,8-9H,4-5,7H2,1H3,(H,15,16). The average molecular weight is 253 g/mol. The third-order valence-corrected chi connectivity index (χ3v) is 4.08. The normalized spacial score (nSPS) is 24.6. The van der Waals surface area contributed by atoms with Gasteiger partial charge in [-0.15, -0.1) is 11.3 Å². The van der Waals surface area contributed by atoms with Gasteiger partial charge in [-0.2, -0.15) is 0 Å². The molecule has 5 heteroatoms. The molecule has 1 N–H and O–H groups in total. The molecule has 4 nitrogen and oxygen atoms in total. The van der Waals surface area contributed by atoms with Crippen LogP contribution in [0.25, 0.3) is 0 Å². The van der Waals surface area contributed by atoms with Crippen molar-refractivity contribution in [2.75, 3.05) is 6.54 Å². The third kappa shape index (κ3) is 2.49. The van der Waals surface area contributed by atoms with Crippen molar-refractivity contribution in [2.24, 2.45) is 5.92 Å². The Labute approximate surface area is 104 Å². The molecule has 0 bridgehead atoms. The number of likely N-dealkylation sites (tertiary alicyclic amines) is 1. The van der Waals surface area contributed by atoms with E-state index < -0.39 is 5.97 Å². The number of amides is 1. The van der Waals surface area contributed by atoms with Crippen molar-refractivity contribution in [3.8, 4) is 0 Å². The maximum Gasteiger partial charge on any atom is 0.306 e. The van der Waals surface area contributed by atoms with Gasteiger partial charge >= 0.3 is 5.97 Å². The summed E-state index contributed by atoms with van der Waals surface area (Å²) < 4.78 is 0. The molecular formula is C12H15NO3S. The third-order valence-electron chi connectivity index (χ3n) is 3.22. The van der Waals surface area contributed by atoms with Crippen molar-refractivity contribution in [2.45, 2.75) is 25.8 Å². The molecule has 2 atom stereocenters. The molecule has 1 aliphatic heterocycles. The molecule has 17 heavy (non-hydrogen) atoms. The van der Waals surface area contributed by atoms with Gasteiger partial charge < -0.3 is 10.0 Å². The van der Waals surface area contributed by atoms with Crippen LogP contribution >= 0.6 is 11.3 Å². The molecule has 0 saturated carbocycles. The summed E-state index contributed by atoms with van der Waals surface area (Å²) in [7, 11) is 0. The Bertz CT molecular complexity index is 415. The number of carbonyl (C=O) groups is 2. The lowest BCUT2D eigenvalue weighted by Crippen LogP contribution is -2.45. The first kappa shape index (κ1) is 12.1. The Morgan fingerprint density at radius 2 is 2.29 bits per heavy atom. The van der Waals surface area contributed by atoms with E-state index in [1.54, 1.807) is 4.90 Å². The molecule has 0 radical (unpaired) electrons. The zero-order chi connectivity index (χ0) is 12.4. The largest absolute Gasteiger partial charge is 0.481 e. The fourth-order valence-corrected chi connectivity index (χ4v) is 2.92. The molecule has 0 spiro atoms. The minimum Gasteiger partial charge on any atom is -0.481 e. The summed E-state index contributed by atoms with van der Waals surface area (Å²) in [5, 5.41) is 10.8. The number of carboxylic acids is 1. The second-order valence-electron chi connectivity index (χ2n) is 4.38. The van der Waals surface area contributed by atoms with Gasteiger partial charge in [-0.05, 0) is 31.2 Å². The molecular weight excluding hydrogens is 238 g/mol. The summed E-state index contributed by atoms with van der Waals surface area (Å²) in [5.74, 6) is -1.03. The number of aliphatic carboxylic acids is 1.